The first-order valence-electron chi connectivity index (χ1n) is 9.05. The van der Waals surface area contributed by atoms with E-state index in [2.05, 4.69) is 61.5 Å². The summed E-state index contributed by atoms with van der Waals surface area (Å²) >= 11 is 0. The van der Waals surface area contributed by atoms with Crippen molar-refractivity contribution < 1.29 is 58.9 Å². The fourth-order valence-corrected chi connectivity index (χ4v) is 3.42. The number of allylic oxidation sites excluding steroid dienone is 4. The fourth-order valence-electron chi connectivity index (χ4n) is 3.42. The molecule has 0 fully saturated rings. The molecule has 1 rings (SSSR count). The summed E-state index contributed by atoms with van der Waals surface area (Å²) in [5.74, 6) is 3.56. The van der Waals surface area contributed by atoms with Crippen molar-refractivity contribution in [2.45, 2.75) is 81.1 Å². The topological polar surface area (TPSA) is 0 Å². The summed E-state index contributed by atoms with van der Waals surface area (Å²) in [5.41, 5.74) is 4.96. The van der Waals surface area contributed by atoms with Gasteiger partial charge in [-0.2, -0.15) is 11.1 Å². The molecule has 0 saturated heterocycles. The minimum atomic E-state index is 0. The molecule has 0 aliphatic heterocycles. The van der Waals surface area contributed by atoms with Gasteiger partial charge < -0.3 is 37.2 Å². The fraction of sp³-hybridized carbons (Fsp3) is 0.810. The van der Waals surface area contributed by atoms with Gasteiger partial charge in [0.25, 0.3) is 0 Å². The van der Waals surface area contributed by atoms with Crippen molar-refractivity contribution in [2.24, 2.45) is 29.6 Å². The van der Waals surface area contributed by atoms with Crippen LogP contribution in [-0.2, 0) is 21.7 Å². The van der Waals surface area contributed by atoms with Crippen LogP contribution >= 0.6 is 0 Å². The van der Waals surface area contributed by atoms with E-state index in [1.165, 1.54) is 25.7 Å². The van der Waals surface area contributed by atoms with E-state index in [4.69, 9.17) is 0 Å². The number of hydrogen-bond acceptors (Lipinski definition) is 0. The molecule has 0 aromatic carbocycles. The van der Waals surface area contributed by atoms with Crippen LogP contribution in [-0.4, -0.2) is 0 Å². The second-order valence-electron chi connectivity index (χ2n) is 8.60. The van der Waals surface area contributed by atoms with Crippen LogP contribution in [0.3, 0.4) is 0 Å². The average molecular weight is 444 g/mol. The van der Waals surface area contributed by atoms with Gasteiger partial charge in [-0.05, 0) is 24.2 Å². The summed E-state index contributed by atoms with van der Waals surface area (Å²) in [6.45, 7) is 18.8. The van der Waals surface area contributed by atoms with Gasteiger partial charge >= 0.3 is 21.7 Å². The van der Waals surface area contributed by atoms with Crippen molar-refractivity contribution in [1.82, 2.24) is 0 Å². The Labute approximate surface area is 191 Å². The van der Waals surface area contributed by atoms with Crippen molar-refractivity contribution in [2.75, 3.05) is 0 Å². The predicted molar refractivity (Wildman–Crippen MR) is 95.1 cm³/mol. The number of halogens is 3. The first-order chi connectivity index (χ1) is 9.70. The molecule has 1 aliphatic carbocycles. The monoisotopic (exact) mass is 442 g/mol. The van der Waals surface area contributed by atoms with E-state index in [1.807, 2.05) is 0 Å². The molecule has 0 heterocycles. The van der Waals surface area contributed by atoms with Crippen molar-refractivity contribution in [3.05, 3.63) is 22.8 Å². The molecule has 0 saturated carbocycles. The molecule has 0 aromatic heterocycles. The molecule has 0 aromatic rings. The maximum atomic E-state index is 3.91. The molecule has 25 heavy (non-hydrogen) atoms. The summed E-state index contributed by atoms with van der Waals surface area (Å²) in [6, 6.07) is 0. The third-order valence-corrected chi connectivity index (χ3v) is 4.08. The van der Waals surface area contributed by atoms with Gasteiger partial charge in [0.2, 0.25) is 0 Å². The molecule has 0 N–H and O–H groups in total. The van der Waals surface area contributed by atoms with E-state index in [1.54, 1.807) is 16.7 Å². The SMILES string of the molecule is CC(C)CC1=[C-]C(CC(C)C)C(CC(C)C)=C1CC(C)C.[Cl-].[Cl-].[Cl-].[Ti+4]. The molecule has 0 amide bonds. The molecular weight excluding hydrogens is 406 g/mol. The zero-order valence-electron chi connectivity index (χ0n) is 17.3. The molecule has 1 unspecified atom stereocenters. The Balaban J connectivity index is -0.000000551. The van der Waals surface area contributed by atoms with E-state index in [-0.39, 0.29) is 58.9 Å². The summed E-state index contributed by atoms with van der Waals surface area (Å²) < 4.78 is 0. The number of hydrogen-bond donors (Lipinski definition) is 0. The minimum Gasteiger partial charge on any atom is -1.00 e. The van der Waals surface area contributed by atoms with Crippen LogP contribution in [0.4, 0.5) is 0 Å². The third-order valence-electron chi connectivity index (χ3n) is 4.08. The summed E-state index contributed by atoms with van der Waals surface area (Å²) in [5, 5.41) is 0. The summed E-state index contributed by atoms with van der Waals surface area (Å²) in [4.78, 5) is 0. The van der Waals surface area contributed by atoms with E-state index in [0.29, 0.717) is 5.92 Å². The van der Waals surface area contributed by atoms with E-state index in [0.717, 1.165) is 23.7 Å². The van der Waals surface area contributed by atoms with Gasteiger partial charge in [-0.1, -0.05) is 86.5 Å². The van der Waals surface area contributed by atoms with E-state index >= 15 is 0 Å². The molecule has 146 valence electrons. The Morgan fingerprint density at radius 2 is 1.12 bits per heavy atom. The van der Waals surface area contributed by atoms with Gasteiger partial charge in [0.05, 0.1) is 0 Å². The molecule has 1 atom stereocenters. The average Bonchev–Trinajstić information content (AvgIpc) is 2.55. The molecule has 0 nitrogen and oxygen atoms in total. The standard InChI is InChI=1S/C21H37.3ClH.Ti/c1-14(2)9-18-13-19(10-15(3)4)21(12-17(7)8)20(18)11-16(5)6;;;;/h14-18H,9-12H2,1-8H3;3*1H;/q-1;;;;+4/p-3. The maximum Gasteiger partial charge on any atom is 4.00 e. The van der Waals surface area contributed by atoms with Crippen molar-refractivity contribution >= 4 is 0 Å². The minimum absolute atomic E-state index is 0. The van der Waals surface area contributed by atoms with Crippen molar-refractivity contribution in [1.29, 1.82) is 0 Å². The van der Waals surface area contributed by atoms with Crippen LogP contribution in [0.25, 0.3) is 0 Å². The molecule has 0 radical (unpaired) electrons. The first-order valence-corrected chi connectivity index (χ1v) is 9.05. The molecule has 4 heteroatoms. The van der Waals surface area contributed by atoms with Gasteiger partial charge in [-0.25, -0.2) is 5.57 Å². The van der Waals surface area contributed by atoms with Crippen LogP contribution in [0.2, 0.25) is 0 Å². The smallest absolute Gasteiger partial charge is 1.00 e. The van der Waals surface area contributed by atoms with Gasteiger partial charge in [0.15, 0.2) is 0 Å². The zero-order valence-corrected chi connectivity index (χ0v) is 21.2. The first kappa shape index (κ1) is 33.6. The summed E-state index contributed by atoms with van der Waals surface area (Å²) in [6.07, 6.45) is 8.88. The predicted octanol–water partition coefficient (Wildman–Crippen LogP) is -2.16. The van der Waals surface area contributed by atoms with Gasteiger partial charge in [-0.3, -0.25) is 6.08 Å². The van der Waals surface area contributed by atoms with Crippen molar-refractivity contribution in [3.8, 4) is 0 Å². The Hall–Kier alpha value is 1.06. The Kier molecular flexibility index (Phi) is 21.6. The summed E-state index contributed by atoms with van der Waals surface area (Å²) in [7, 11) is 0. The molecule has 1 aliphatic rings. The molecule has 0 bridgehead atoms. The van der Waals surface area contributed by atoms with Gasteiger partial charge in [0.1, 0.15) is 0 Å². The largest absolute Gasteiger partial charge is 4.00 e. The molecular formula is C21H37Cl3Ti. The van der Waals surface area contributed by atoms with Crippen LogP contribution < -0.4 is 37.2 Å². The Morgan fingerprint density at radius 3 is 1.48 bits per heavy atom. The third kappa shape index (κ3) is 12.2. The van der Waals surface area contributed by atoms with Crippen molar-refractivity contribution in [3.63, 3.8) is 0 Å². The second-order valence-corrected chi connectivity index (χ2v) is 8.60. The van der Waals surface area contributed by atoms with Gasteiger partial charge in [-0.15, -0.1) is 0 Å². The van der Waals surface area contributed by atoms with Gasteiger partial charge in [0, 0.05) is 0 Å². The Morgan fingerprint density at radius 1 is 0.680 bits per heavy atom. The maximum absolute atomic E-state index is 3.91. The zero-order chi connectivity index (χ0) is 16.2. The van der Waals surface area contributed by atoms with Crippen LogP contribution in [0.5, 0.6) is 0 Å². The molecule has 0 spiro atoms. The van der Waals surface area contributed by atoms with Crippen LogP contribution in [0, 0.1) is 35.7 Å². The van der Waals surface area contributed by atoms with Crippen LogP contribution in [0.1, 0.15) is 81.1 Å². The normalized spacial score (nSPS) is 16.5. The van der Waals surface area contributed by atoms with E-state index in [9.17, 15) is 0 Å². The van der Waals surface area contributed by atoms with Crippen LogP contribution in [0.15, 0.2) is 16.7 Å². The quantitative estimate of drug-likeness (QED) is 0.296. The second kappa shape index (κ2) is 16.1. The Bertz CT molecular complexity index is 396. The number of rotatable bonds is 8. The van der Waals surface area contributed by atoms with E-state index < -0.39 is 0 Å².